The maximum Gasteiger partial charge on any atom is 0.256 e. The van der Waals surface area contributed by atoms with Crippen molar-refractivity contribution in [3.63, 3.8) is 0 Å². The van der Waals surface area contributed by atoms with E-state index in [9.17, 15) is 4.79 Å². The number of nitrogens with zero attached hydrogens (tertiary/aromatic N) is 3. The van der Waals surface area contributed by atoms with E-state index in [0.29, 0.717) is 11.4 Å². The van der Waals surface area contributed by atoms with Gasteiger partial charge in [-0.3, -0.25) is 9.48 Å². The molecule has 3 rings (SSSR count). The first kappa shape index (κ1) is 10.8. The number of carbonyl (C=O) groups is 1. The molecule has 1 atom stereocenters. The molecular weight excluding hydrogens is 230 g/mol. The van der Waals surface area contributed by atoms with Crippen molar-refractivity contribution in [3.05, 3.63) is 41.3 Å². The lowest BCUT2D eigenvalue weighted by Gasteiger charge is -2.26. The Kier molecular flexibility index (Phi) is 2.29. The maximum absolute atomic E-state index is 12.0. The van der Waals surface area contributed by atoms with Crippen molar-refractivity contribution in [1.29, 1.82) is 0 Å². The first-order valence-electron chi connectivity index (χ1n) is 5.67. The van der Waals surface area contributed by atoms with E-state index in [1.165, 1.54) is 0 Å². The predicted octanol–water partition coefficient (Wildman–Crippen LogP) is 0.978. The molecule has 2 aromatic heterocycles. The highest BCUT2D eigenvalue weighted by molar-refractivity contribution is 6.00. The fourth-order valence-electron chi connectivity index (χ4n) is 2.14. The van der Waals surface area contributed by atoms with Crippen LogP contribution in [0, 0.1) is 6.92 Å². The fraction of sp³-hybridized carbons (Fsp3) is 0.250. The zero-order valence-corrected chi connectivity index (χ0v) is 10.1. The third-order valence-electron chi connectivity index (χ3n) is 2.97. The van der Waals surface area contributed by atoms with Crippen molar-refractivity contribution < 1.29 is 4.79 Å². The average molecular weight is 243 g/mol. The summed E-state index contributed by atoms with van der Waals surface area (Å²) in [6.07, 6.45) is 3.27. The zero-order valence-electron chi connectivity index (χ0n) is 10.1. The smallest absolute Gasteiger partial charge is 0.256 e. The summed E-state index contributed by atoms with van der Waals surface area (Å²) in [7, 11) is 1.85. The van der Waals surface area contributed by atoms with E-state index >= 15 is 0 Å². The maximum atomic E-state index is 12.0. The number of nitrogens with one attached hydrogen (secondary N) is 2. The molecule has 1 aliphatic heterocycles. The van der Waals surface area contributed by atoms with Crippen LogP contribution in [0.1, 0.15) is 27.8 Å². The molecular formula is C12H13N5O. The number of carbonyl (C=O) groups excluding carboxylic acids is 1. The molecule has 2 aromatic rings. The molecule has 0 aromatic carbocycles. The molecule has 1 amide bonds. The Balaban J connectivity index is 1.99. The predicted molar refractivity (Wildman–Crippen MR) is 66.0 cm³/mol. The van der Waals surface area contributed by atoms with Crippen LogP contribution in [0.25, 0.3) is 0 Å². The van der Waals surface area contributed by atoms with Gasteiger partial charge in [0.1, 0.15) is 12.0 Å². The first-order valence-corrected chi connectivity index (χ1v) is 5.67. The molecule has 1 aliphatic rings. The summed E-state index contributed by atoms with van der Waals surface area (Å²) in [5, 5.41) is 10.4. The standard InChI is InChI=1S/C12H13N5O/c1-7-9(6-17(2)16-7)11-14-10-8(12(18)15-11)4-3-5-13-10/h3-6,11H,1-2H3,(H,13,14)(H,15,18)/t11-/m1/s1. The van der Waals surface area contributed by atoms with Crippen molar-refractivity contribution in [2.45, 2.75) is 13.1 Å². The Labute approximate surface area is 104 Å². The second kappa shape index (κ2) is 3.83. The van der Waals surface area contributed by atoms with E-state index in [1.54, 1.807) is 23.0 Å². The third kappa shape index (κ3) is 1.62. The molecule has 0 radical (unpaired) electrons. The van der Waals surface area contributed by atoms with Gasteiger partial charge in [-0.1, -0.05) is 0 Å². The highest BCUT2D eigenvalue weighted by Gasteiger charge is 2.27. The van der Waals surface area contributed by atoms with E-state index in [1.807, 2.05) is 20.2 Å². The van der Waals surface area contributed by atoms with Crippen LogP contribution in [-0.4, -0.2) is 20.7 Å². The summed E-state index contributed by atoms with van der Waals surface area (Å²) in [6, 6.07) is 3.49. The zero-order chi connectivity index (χ0) is 12.7. The molecule has 0 saturated carbocycles. The monoisotopic (exact) mass is 243 g/mol. The van der Waals surface area contributed by atoms with Gasteiger partial charge in [0.05, 0.1) is 11.3 Å². The van der Waals surface area contributed by atoms with Gasteiger partial charge in [0.25, 0.3) is 5.91 Å². The molecule has 0 bridgehead atoms. The molecule has 6 nitrogen and oxygen atoms in total. The molecule has 0 aliphatic carbocycles. The quantitative estimate of drug-likeness (QED) is 0.783. The highest BCUT2D eigenvalue weighted by atomic mass is 16.2. The van der Waals surface area contributed by atoms with Crippen LogP contribution in [0.3, 0.4) is 0 Å². The number of anilines is 1. The first-order chi connectivity index (χ1) is 8.65. The van der Waals surface area contributed by atoms with Crippen molar-refractivity contribution in [2.75, 3.05) is 5.32 Å². The number of aryl methyl sites for hydroxylation is 2. The second-order valence-corrected chi connectivity index (χ2v) is 4.29. The minimum Gasteiger partial charge on any atom is -0.345 e. The summed E-state index contributed by atoms with van der Waals surface area (Å²) in [4.78, 5) is 16.2. The van der Waals surface area contributed by atoms with Crippen LogP contribution in [0.4, 0.5) is 5.82 Å². The Morgan fingerprint density at radius 1 is 1.39 bits per heavy atom. The number of hydrogen-bond donors (Lipinski definition) is 2. The van der Waals surface area contributed by atoms with Gasteiger partial charge < -0.3 is 10.6 Å². The largest absolute Gasteiger partial charge is 0.345 e. The number of hydrogen-bond acceptors (Lipinski definition) is 4. The van der Waals surface area contributed by atoms with Gasteiger partial charge in [0, 0.05) is 25.0 Å². The summed E-state index contributed by atoms with van der Waals surface area (Å²) in [6.45, 7) is 1.91. The van der Waals surface area contributed by atoms with Crippen LogP contribution in [0.2, 0.25) is 0 Å². The van der Waals surface area contributed by atoms with E-state index in [2.05, 4.69) is 20.7 Å². The molecule has 92 valence electrons. The fourth-order valence-corrected chi connectivity index (χ4v) is 2.14. The number of amides is 1. The highest BCUT2D eigenvalue weighted by Crippen LogP contribution is 2.25. The molecule has 18 heavy (non-hydrogen) atoms. The van der Waals surface area contributed by atoms with Crippen molar-refractivity contribution in [3.8, 4) is 0 Å². The summed E-state index contributed by atoms with van der Waals surface area (Å²) in [5.41, 5.74) is 2.40. The van der Waals surface area contributed by atoms with E-state index < -0.39 is 0 Å². The topological polar surface area (TPSA) is 71.8 Å². The Morgan fingerprint density at radius 2 is 2.22 bits per heavy atom. The number of fused-ring (bicyclic) bond motifs is 1. The van der Waals surface area contributed by atoms with Crippen molar-refractivity contribution in [1.82, 2.24) is 20.1 Å². The molecule has 0 fully saturated rings. The van der Waals surface area contributed by atoms with Crippen LogP contribution >= 0.6 is 0 Å². The van der Waals surface area contributed by atoms with Gasteiger partial charge in [-0.05, 0) is 19.1 Å². The van der Waals surface area contributed by atoms with Crippen LogP contribution < -0.4 is 10.6 Å². The van der Waals surface area contributed by atoms with Crippen LogP contribution in [0.5, 0.6) is 0 Å². The Morgan fingerprint density at radius 3 is 2.94 bits per heavy atom. The lowest BCUT2D eigenvalue weighted by molar-refractivity contribution is 0.0935. The minimum atomic E-state index is -0.284. The Bertz CT molecular complexity index is 619. The van der Waals surface area contributed by atoms with Gasteiger partial charge in [-0.25, -0.2) is 4.98 Å². The van der Waals surface area contributed by atoms with Crippen LogP contribution in [0.15, 0.2) is 24.5 Å². The average Bonchev–Trinajstić information content (AvgIpc) is 2.68. The van der Waals surface area contributed by atoms with Crippen molar-refractivity contribution in [2.24, 2.45) is 7.05 Å². The SMILES string of the molecule is Cc1nn(C)cc1[C@H]1NC(=O)c2cccnc2N1. The van der Waals surface area contributed by atoms with Gasteiger partial charge in [0.15, 0.2) is 0 Å². The molecule has 2 N–H and O–H groups in total. The number of aromatic nitrogens is 3. The molecule has 0 unspecified atom stereocenters. The summed E-state index contributed by atoms with van der Waals surface area (Å²) in [5.74, 6) is 0.486. The van der Waals surface area contributed by atoms with E-state index in [-0.39, 0.29) is 12.1 Å². The lowest BCUT2D eigenvalue weighted by Crippen LogP contribution is -2.39. The lowest BCUT2D eigenvalue weighted by atomic mass is 10.1. The van der Waals surface area contributed by atoms with Crippen LogP contribution in [-0.2, 0) is 7.05 Å². The van der Waals surface area contributed by atoms with Gasteiger partial charge in [0.2, 0.25) is 0 Å². The number of pyridine rings is 1. The number of rotatable bonds is 1. The van der Waals surface area contributed by atoms with Gasteiger partial charge in [-0.15, -0.1) is 0 Å². The molecule has 0 saturated heterocycles. The molecule has 0 spiro atoms. The third-order valence-corrected chi connectivity index (χ3v) is 2.97. The second-order valence-electron chi connectivity index (χ2n) is 4.29. The molecule has 3 heterocycles. The van der Waals surface area contributed by atoms with E-state index in [4.69, 9.17) is 0 Å². The van der Waals surface area contributed by atoms with E-state index in [0.717, 1.165) is 11.3 Å². The van der Waals surface area contributed by atoms with Gasteiger partial charge in [-0.2, -0.15) is 5.10 Å². The van der Waals surface area contributed by atoms with Gasteiger partial charge >= 0.3 is 0 Å². The summed E-state index contributed by atoms with van der Waals surface area (Å²) >= 11 is 0. The van der Waals surface area contributed by atoms with Crippen molar-refractivity contribution >= 4 is 11.7 Å². The minimum absolute atomic E-state index is 0.120. The summed E-state index contributed by atoms with van der Waals surface area (Å²) < 4.78 is 1.73. The normalized spacial score (nSPS) is 17.9. The molecule has 6 heteroatoms. The Hall–Kier alpha value is -2.37.